The zero-order chi connectivity index (χ0) is 21.6. The number of alkyl halides is 1. The van der Waals surface area contributed by atoms with E-state index in [-0.39, 0.29) is 30.7 Å². The number of amides is 1. The van der Waals surface area contributed by atoms with Crippen LogP contribution in [0.25, 0.3) is 0 Å². The van der Waals surface area contributed by atoms with Crippen LogP contribution in [0.3, 0.4) is 0 Å². The highest BCUT2D eigenvalue weighted by atomic mass is 35.5. The molecule has 0 bridgehead atoms. The number of unbranched alkanes of at least 4 members (excludes halogenated alkanes) is 1. The summed E-state index contributed by atoms with van der Waals surface area (Å²) in [6.07, 6.45) is 0.625. The minimum atomic E-state index is -1.04. The standard InChI is InChI=1S/C18H26ClN7O3/c1-2-3-7-25(11-5-4-6-12(10-11)29-9-8-27)18(23)26-15(20)13(17(22)28)24-14(19)16(26)21/h4-6,10,14,16,20,23,27H,2-3,7-9,21H2,1H3,(H2,22,28). The summed E-state index contributed by atoms with van der Waals surface area (Å²) in [5.41, 5.74) is 10.7. The SMILES string of the molecule is CCCCN(C(=N)N1C(=N)C(C(N)=O)=NC(Cl)C1N)c1cccc(OCCO)c1. The van der Waals surface area contributed by atoms with Gasteiger partial charge in [-0.3, -0.25) is 25.5 Å². The number of hydrogen-bond donors (Lipinski definition) is 5. The Balaban J connectivity index is 2.39. The fraction of sp³-hybridized carbons (Fsp3) is 0.444. The van der Waals surface area contributed by atoms with Crippen molar-refractivity contribution in [2.24, 2.45) is 16.5 Å². The highest BCUT2D eigenvalue weighted by Crippen LogP contribution is 2.25. The molecule has 2 unspecified atom stereocenters. The second kappa shape index (κ2) is 10.2. The predicted octanol–water partition coefficient (Wildman–Crippen LogP) is 0.668. The number of carbonyl (C=O) groups is 1. The molecule has 1 amide bonds. The van der Waals surface area contributed by atoms with Gasteiger partial charge in [0, 0.05) is 18.3 Å². The molecule has 1 heterocycles. The van der Waals surface area contributed by atoms with Crippen LogP contribution in [0, 0.1) is 10.8 Å². The number of ether oxygens (including phenoxy) is 1. The Hall–Kier alpha value is -2.69. The molecule has 1 aromatic carbocycles. The largest absolute Gasteiger partial charge is 0.491 e. The van der Waals surface area contributed by atoms with Gasteiger partial charge in [0.15, 0.2) is 17.0 Å². The molecular formula is C18H26ClN7O3. The molecule has 0 fully saturated rings. The van der Waals surface area contributed by atoms with Crippen molar-refractivity contribution in [3.8, 4) is 5.75 Å². The summed E-state index contributed by atoms with van der Waals surface area (Å²) in [5.74, 6) is -0.890. The van der Waals surface area contributed by atoms with E-state index < -0.39 is 17.6 Å². The van der Waals surface area contributed by atoms with E-state index in [0.29, 0.717) is 18.0 Å². The zero-order valence-electron chi connectivity index (χ0n) is 16.1. The monoisotopic (exact) mass is 423 g/mol. The summed E-state index contributed by atoms with van der Waals surface area (Å²) in [4.78, 5) is 18.3. The van der Waals surface area contributed by atoms with E-state index in [1.54, 1.807) is 29.2 Å². The lowest BCUT2D eigenvalue weighted by molar-refractivity contribution is -0.111. The van der Waals surface area contributed by atoms with Gasteiger partial charge in [0.2, 0.25) is 5.96 Å². The highest BCUT2D eigenvalue weighted by Gasteiger charge is 2.38. The van der Waals surface area contributed by atoms with Crippen molar-refractivity contribution in [2.45, 2.75) is 31.4 Å². The van der Waals surface area contributed by atoms with E-state index in [1.165, 1.54) is 0 Å². The number of nitrogens with two attached hydrogens (primary N) is 2. The second-order valence-corrected chi connectivity index (χ2v) is 6.77. The van der Waals surface area contributed by atoms with Crippen LogP contribution in [0.2, 0.25) is 0 Å². The average Bonchev–Trinajstić information content (AvgIpc) is 2.69. The van der Waals surface area contributed by atoms with Gasteiger partial charge in [-0.05, 0) is 18.6 Å². The minimum Gasteiger partial charge on any atom is -0.491 e. The Morgan fingerprint density at radius 3 is 2.83 bits per heavy atom. The zero-order valence-corrected chi connectivity index (χ0v) is 16.9. The first-order valence-corrected chi connectivity index (χ1v) is 9.60. The number of carbonyl (C=O) groups excluding carboxylic acids is 1. The number of amidine groups is 1. The molecule has 2 rings (SSSR count). The van der Waals surface area contributed by atoms with Crippen LogP contribution < -0.4 is 21.1 Å². The van der Waals surface area contributed by atoms with Gasteiger partial charge in [-0.25, -0.2) is 0 Å². The predicted molar refractivity (Wildman–Crippen MR) is 113 cm³/mol. The second-order valence-electron chi connectivity index (χ2n) is 6.32. The summed E-state index contributed by atoms with van der Waals surface area (Å²) in [7, 11) is 0. The van der Waals surface area contributed by atoms with Crippen molar-refractivity contribution >= 4 is 40.7 Å². The van der Waals surface area contributed by atoms with Crippen LogP contribution in [0.4, 0.5) is 5.69 Å². The van der Waals surface area contributed by atoms with Crippen molar-refractivity contribution in [3.05, 3.63) is 24.3 Å². The molecule has 0 saturated carbocycles. The van der Waals surface area contributed by atoms with Gasteiger partial charge < -0.3 is 26.2 Å². The van der Waals surface area contributed by atoms with E-state index in [4.69, 9.17) is 43.7 Å². The average molecular weight is 424 g/mol. The number of aliphatic imine (C=N–C) groups is 1. The third-order valence-corrected chi connectivity index (χ3v) is 4.60. The molecule has 11 heteroatoms. The lowest BCUT2D eigenvalue weighted by atomic mass is 10.2. The molecule has 1 aromatic rings. The summed E-state index contributed by atoms with van der Waals surface area (Å²) >= 11 is 6.13. The Morgan fingerprint density at radius 1 is 1.48 bits per heavy atom. The summed E-state index contributed by atoms with van der Waals surface area (Å²) < 4.78 is 5.45. The van der Waals surface area contributed by atoms with Gasteiger partial charge in [0.1, 0.15) is 18.5 Å². The lowest BCUT2D eigenvalue weighted by Crippen LogP contribution is -2.63. The summed E-state index contributed by atoms with van der Waals surface area (Å²) in [5, 5.41) is 26.0. The molecule has 0 spiro atoms. The van der Waals surface area contributed by atoms with E-state index >= 15 is 0 Å². The number of anilines is 1. The topological polar surface area (TPSA) is 165 Å². The van der Waals surface area contributed by atoms with E-state index in [1.807, 2.05) is 6.92 Å². The molecule has 7 N–H and O–H groups in total. The quantitative estimate of drug-likeness (QED) is 0.178. The van der Waals surface area contributed by atoms with Crippen LogP contribution >= 0.6 is 11.6 Å². The van der Waals surface area contributed by atoms with Gasteiger partial charge in [-0.2, -0.15) is 0 Å². The van der Waals surface area contributed by atoms with Crippen molar-refractivity contribution in [2.75, 3.05) is 24.7 Å². The maximum Gasteiger partial charge on any atom is 0.270 e. The number of rotatable bonds is 8. The van der Waals surface area contributed by atoms with Gasteiger partial charge in [-0.1, -0.05) is 31.0 Å². The number of nitrogens with zero attached hydrogens (tertiary/aromatic N) is 3. The molecule has 0 aliphatic carbocycles. The molecule has 0 aromatic heterocycles. The molecule has 0 radical (unpaired) electrons. The van der Waals surface area contributed by atoms with Crippen molar-refractivity contribution < 1.29 is 14.6 Å². The van der Waals surface area contributed by atoms with E-state index in [9.17, 15) is 4.79 Å². The number of aliphatic hydroxyl groups is 1. The molecule has 1 aliphatic rings. The summed E-state index contributed by atoms with van der Waals surface area (Å²) in [6, 6.07) is 7.01. The van der Waals surface area contributed by atoms with E-state index in [2.05, 4.69) is 4.99 Å². The maximum absolute atomic E-state index is 11.6. The Labute approximate surface area is 174 Å². The fourth-order valence-electron chi connectivity index (χ4n) is 2.78. The molecule has 29 heavy (non-hydrogen) atoms. The summed E-state index contributed by atoms with van der Waals surface area (Å²) in [6.45, 7) is 2.50. The number of aliphatic hydroxyl groups excluding tert-OH is 1. The lowest BCUT2D eigenvalue weighted by Gasteiger charge is -2.40. The van der Waals surface area contributed by atoms with Crippen molar-refractivity contribution in [1.82, 2.24) is 4.90 Å². The smallest absolute Gasteiger partial charge is 0.270 e. The number of halogens is 1. The highest BCUT2D eigenvalue weighted by molar-refractivity contribution is 6.67. The van der Waals surface area contributed by atoms with Gasteiger partial charge >= 0.3 is 0 Å². The first kappa shape index (κ1) is 22.6. The van der Waals surface area contributed by atoms with Crippen molar-refractivity contribution in [1.29, 1.82) is 10.8 Å². The number of benzene rings is 1. The van der Waals surface area contributed by atoms with Gasteiger partial charge in [-0.15, -0.1) is 0 Å². The van der Waals surface area contributed by atoms with Crippen LogP contribution in [0.5, 0.6) is 5.75 Å². The third-order valence-electron chi connectivity index (χ3n) is 4.24. The number of guanidine groups is 1. The molecule has 1 aliphatic heterocycles. The molecule has 158 valence electrons. The van der Waals surface area contributed by atoms with Crippen molar-refractivity contribution in [3.63, 3.8) is 0 Å². The molecular weight excluding hydrogens is 398 g/mol. The molecule has 2 atom stereocenters. The van der Waals surface area contributed by atoms with Crippen LogP contribution in [0.15, 0.2) is 29.3 Å². The Bertz CT molecular complexity index is 801. The van der Waals surface area contributed by atoms with Crippen LogP contribution in [0.1, 0.15) is 19.8 Å². The normalized spacial score (nSPS) is 19.0. The maximum atomic E-state index is 11.6. The van der Waals surface area contributed by atoms with Gasteiger partial charge in [0.25, 0.3) is 5.91 Å². The van der Waals surface area contributed by atoms with Crippen LogP contribution in [-0.4, -0.2) is 64.8 Å². The fourth-order valence-corrected chi connectivity index (χ4v) is 2.99. The number of hydrogen-bond acceptors (Lipinski definition) is 7. The Morgan fingerprint density at radius 2 is 2.21 bits per heavy atom. The number of primary amides is 1. The molecule has 10 nitrogen and oxygen atoms in total. The minimum absolute atomic E-state index is 0.119. The first-order chi connectivity index (χ1) is 13.8. The molecule has 0 saturated heterocycles. The van der Waals surface area contributed by atoms with Crippen LogP contribution in [-0.2, 0) is 4.79 Å². The number of nitrogens with one attached hydrogen (secondary N) is 2. The van der Waals surface area contributed by atoms with E-state index in [0.717, 1.165) is 17.7 Å². The Kier molecular flexibility index (Phi) is 7.94. The third kappa shape index (κ3) is 5.22. The van der Waals surface area contributed by atoms with Gasteiger partial charge in [0.05, 0.1) is 6.61 Å². The first-order valence-electron chi connectivity index (χ1n) is 9.17.